The molecule has 0 saturated carbocycles. The van der Waals surface area contributed by atoms with Crippen molar-refractivity contribution in [2.75, 3.05) is 0 Å². The third kappa shape index (κ3) is 7.28. The summed E-state index contributed by atoms with van der Waals surface area (Å²) in [5.41, 5.74) is -0.784. The minimum absolute atomic E-state index is 0.421. The average Bonchev–Trinajstić information content (AvgIpc) is 2.22. The molecule has 7 nitrogen and oxygen atoms in total. The van der Waals surface area contributed by atoms with Crippen LogP contribution in [-0.2, 0) is 19.1 Å². The van der Waals surface area contributed by atoms with Crippen molar-refractivity contribution in [3.05, 3.63) is 0 Å². The third-order valence-corrected chi connectivity index (χ3v) is 2.04. The van der Waals surface area contributed by atoms with Crippen LogP contribution < -0.4 is 5.32 Å². The van der Waals surface area contributed by atoms with Gasteiger partial charge in [-0.2, -0.15) is 0 Å². The smallest absolute Gasteiger partial charge is 0.408 e. The van der Waals surface area contributed by atoms with Gasteiger partial charge in [0, 0.05) is 0 Å². The van der Waals surface area contributed by atoms with Crippen LogP contribution in [0.4, 0.5) is 4.79 Å². The number of rotatable bonds is 5. The molecule has 0 aromatic carbocycles. The largest absolute Gasteiger partial charge is 0.479 e. The highest BCUT2D eigenvalue weighted by molar-refractivity contribution is 6.00. The van der Waals surface area contributed by atoms with Crippen molar-refractivity contribution < 1.29 is 29.0 Å². The summed E-state index contributed by atoms with van der Waals surface area (Å²) in [5, 5.41) is 10.9. The first kappa shape index (κ1) is 17.2. The molecular weight excluding hydrogens is 254 g/mol. The summed E-state index contributed by atoms with van der Waals surface area (Å²) in [5.74, 6) is -2.52. The average molecular weight is 275 g/mol. The number of carboxylic acids is 1. The maximum atomic E-state index is 11.6. The van der Waals surface area contributed by atoms with E-state index in [9.17, 15) is 14.4 Å². The zero-order valence-corrected chi connectivity index (χ0v) is 11.9. The van der Waals surface area contributed by atoms with Crippen LogP contribution in [0.3, 0.4) is 0 Å². The standard InChI is InChI=1S/C12H21NO6/c1-6-7(2)18-10(16)8(9(14)15)13-11(17)19-12(3,4)5/h7-8H,6H2,1-5H3,(H,13,17)(H,14,15). The highest BCUT2D eigenvalue weighted by Crippen LogP contribution is 2.07. The molecule has 2 atom stereocenters. The minimum Gasteiger partial charge on any atom is -0.479 e. The van der Waals surface area contributed by atoms with E-state index in [1.807, 2.05) is 5.32 Å². The van der Waals surface area contributed by atoms with Crippen molar-refractivity contribution in [2.45, 2.75) is 58.8 Å². The number of carbonyl (C=O) groups is 3. The van der Waals surface area contributed by atoms with Crippen LogP contribution in [0.1, 0.15) is 41.0 Å². The molecule has 0 aliphatic heterocycles. The molecule has 2 unspecified atom stereocenters. The second-order valence-electron chi connectivity index (χ2n) is 5.07. The van der Waals surface area contributed by atoms with Crippen LogP contribution in [0, 0.1) is 0 Å². The van der Waals surface area contributed by atoms with E-state index in [0.717, 1.165) is 0 Å². The van der Waals surface area contributed by atoms with E-state index in [4.69, 9.17) is 14.6 Å². The van der Waals surface area contributed by atoms with Crippen LogP contribution in [0.15, 0.2) is 0 Å². The fraction of sp³-hybridized carbons (Fsp3) is 0.750. The minimum atomic E-state index is -1.77. The van der Waals surface area contributed by atoms with Crippen LogP contribution in [0.25, 0.3) is 0 Å². The first-order chi connectivity index (χ1) is 8.56. The molecule has 19 heavy (non-hydrogen) atoms. The summed E-state index contributed by atoms with van der Waals surface area (Å²) in [7, 11) is 0. The quantitative estimate of drug-likeness (QED) is 0.579. The summed E-state index contributed by atoms with van der Waals surface area (Å²) in [6.45, 7) is 8.29. The molecule has 0 aromatic heterocycles. The summed E-state index contributed by atoms with van der Waals surface area (Å²) in [6, 6.07) is -1.77. The number of carbonyl (C=O) groups excluding carboxylic acids is 2. The zero-order chi connectivity index (χ0) is 15.2. The highest BCUT2D eigenvalue weighted by atomic mass is 16.6. The second-order valence-corrected chi connectivity index (χ2v) is 5.07. The maximum absolute atomic E-state index is 11.6. The van der Waals surface area contributed by atoms with Gasteiger partial charge in [-0.05, 0) is 34.1 Å². The summed E-state index contributed by atoms with van der Waals surface area (Å²) in [4.78, 5) is 34.0. The molecule has 0 spiro atoms. The molecule has 0 fully saturated rings. The Balaban J connectivity index is 4.62. The van der Waals surface area contributed by atoms with Crippen LogP contribution in [0.5, 0.6) is 0 Å². The maximum Gasteiger partial charge on any atom is 0.408 e. The number of carboxylic acid groups (broad SMARTS) is 1. The van der Waals surface area contributed by atoms with Gasteiger partial charge in [0.2, 0.25) is 6.04 Å². The molecule has 0 aromatic rings. The van der Waals surface area contributed by atoms with Crippen molar-refractivity contribution in [3.8, 4) is 0 Å². The van der Waals surface area contributed by atoms with Crippen LogP contribution >= 0.6 is 0 Å². The van der Waals surface area contributed by atoms with Crippen molar-refractivity contribution >= 4 is 18.0 Å². The lowest BCUT2D eigenvalue weighted by atomic mass is 10.2. The summed E-state index contributed by atoms with van der Waals surface area (Å²) >= 11 is 0. The van der Waals surface area contributed by atoms with Gasteiger partial charge in [0.1, 0.15) is 5.60 Å². The number of aliphatic carboxylic acids is 1. The Labute approximate surface area is 112 Å². The van der Waals surface area contributed by atoms with E-state index in [2.05, 4.69) is 0 Å². The monoisotopic (exact) mass is 275 g/mol. The SMILES string of the molecule is CCC(C)OC(=O)C(NC(=O)OC(C)(C)C)C(=O)O. The van der Waals surface area contributed by atoms with Crippen molar-refractivity contribution in [1.82, 2.24) is 5.32 Å². The first-order valence-electron chi connectivity index (χ1n) is 5.99. The number of nitrogens with one attached hydrogen (secondary N) is 1. The number of hydrogen-bond acceptors (Lipinski definition) is 5. The number of hydrogen-bond donors (Lipinski definition) is 2. The van der Waals surface area contributed by atoms with E-state index >= 15 is 0 Å². The van der Waals surface area contributed by atoms with E-state index in [-0.39, 0.29) is 0 Å². The van der Waals surface area contributed by atoms with E-state index < -0.39 is 35.8 Å². The first-order valence-corrected chi connectivity index (χ1v) is 5.99. The molecule has 7 heteroatoms. The number of amides is 1. The number of ether oxygens (including phenoxy) is 2. The Morgan fingerprint density at radius 1 is 1.26 bits per heavy atom. The molecule has 110 valence electrons. The van der Waals surface area contributed by atoms with Crippen molar-refractivity contribution in [3.63, 3.8) is 0 Å². The van der Waals surface area contributed by atoms with Crippen LogP contribution in [0.2, 0.25) is 0 Å². The fourth-order valence-corrected chi connectivity index (χ4v) is 0.997. The molecule has 0 saturated heterocycles. The van der Waals surface area contributed by atoms with Crippen LogP contribution in [-0.4, -0.2) is 40.9 Å². The Bertz CT molecular complexity index is 347. The van der Waals surface area contributed by atoms with Crippen molar-refractivity contribution in [1.29, 1.82) is 0 Å². The van der Waals surface area contributed by atoms with Gasteiger partial charge < -0.3 is 14.6 Å². The lowest BCUT2D eigenvalue weighted by molar-refractivity contribution is -0.158. The van der Waals surface area contributed by atoms with Gasteiger partial charge in [0.15, 0.2) is 0 Å². The lowest BCUT2D eigenvalue weighted by Crippen LogP contribution is -2.49. The molecular formula is C12H21NO6. The summed E-state index contributed by atoms with van der Waals surface area (Å²) in [6.07, 6.45) is -0.861. The number of esters is 1. The normalized spacial score (nSPS) is 14.2. The molecule has 0 rings (SSSR count). The predicted molar refractivity (Wildman–Crippen MR) is 66.6 cm³/mol. The van der Waals surface area contributed by atoms with Gasteiger partial charge >= 0.3 is 18.0 Å². The number of alkyl carbamates (subject to hydrolysis) is 1. The Morgan fingerprint density at radius 3 is 2.16 bits per heavy atom. The second kappa shape index (κ2) is 6.96. The zero-order valence-electron chi connectivity index (χ0n) is 11.9. The molecule has 0 aliphatic rings. The topological polar surface area (TPSA) is 102 Å². The van der Waals surface area contributed by atoms with Gasteiger partial charge in [-0.1, -0.05) is 6.92 Å². The Hall–Kier alpha value is -1.79. The van der Waals surface area contributed by atoms with Gasteiger partial charge in [-0.15, -0.1) is 0 Å². The van der Waals surface area contributed by atoms with Gasteiger partial charge in [0.05, 0.1) is 6.10 Å². The molecule has 0 radical (unpaired) electrons. The van der Waals surface area contributed by atoms with Crippen molar-refractivity contribution in [2.24, 2.45) is 0 Å². The third-order valence-electron chi connectivity index (χ3n) is 2.04. The molecule has 1 amide bonds. The van der Waals surface area contributed by atoms with E-state index in [1.54, 1.807) is 34.6 Å². The molecule has 2 N–H and O–H groups in total. The summed E-state index contributed by atoms with van der Waals surface area (Å²) < 4.78 is 9.74. The molecule has 0 aliphatic carbocycles. The van der Waals surface area contributed by atoms with E-state index in [0.29, 0.717) is 6.42 Å². The Morgan fingerprint density at radius 2 is 1.79 bits per heavy atom. The lowest BCUT2D eigenvalue weighted by Gasteiger charge is -2.22. The fourth-order valence-electron chi connectivity index (χ4n) is 0.997. The van der Waals surface area contributed by atoms with Gasteiger partial charge in [-0.3, -0.25) is 5.32 Å². The Kier molecular flexibility index (Phi) is 6.31. The molecule has 0 heterocycles. The molecule has 0 bridgehead atoms. The highest BCUT2D eigenvalue weighted by Gasteiger charge is 2.32. The van der Waals surface area contributed by atoms with Gasteiger partial charge in [0.25, 0.3) is 0 Å². The van der Waals surface area contributed by atoms with Gasteiger partial charge in [-0.25, -0.2) is 14.4 Å². The predicted octanol–water partition coefficient (Wildman–Crippen LogP) is 1.31. The van der Waals surface area contributed by atoms with E-state index in [1.165, 1.54) is 0 Å².